The second-order valence-corrected chi connectivity index (χ2v) is 5.10. The summed E-state index contributed by atoms with van der Waals surface area (Å²) in [4.78, 5) is 11.9. The average Bonchev–Trinajstić information content (AvgIpc) is 2.40. The van der Waals surface area contributed by atoms with Gasteiger partial charge in [0.1, 0.15) is 0 Å². The Morgan fingerprint density at radius 3 is 3.00 bits per heavy atom. The van der Waals surface area contributed by atoms with Crippen molar-refractivity contribution in [1.29, 1.82) is 0 Å². The summed E-state index contributed by atoms with van der Waals surface area (Å²) in [6.45, 7) is 4.23. The average molecular weight is 314 g/mol. The van der Waals surface area contributed by atoms with Gasteiger partial charge in [-0.05, 0) is 24.6 Å². The van der Waals surface area contributed by atoms with E-state index in [0.717, 1.165) is 10.0 Å². The van der Waals surface area contributed by atoms with E-state index in [1.807, 2.05) is 25.1 Å². The lowest BCUT2D eigenvalue weighted by molar-refractivity contribution is -0.0855. The van der Waals surface area contributed by atoms with E-state index >= 15 is 0 Å². The van der Waals surface area contributed by atoms with Crippen molar-refractivity contribution in [2.45, 2.75) is 13.0 Å². The number of halogens is 1. The van der Waals surface area contributed by atoms with E-state index in [0.29, 0.717) is 31.9 Å². The standard InChI is InChI=1S/C13H16BrNO3/c1-9-2-3-10(6-12(9)14)13(16)15-7-11-8-17-4-5-18-11/h2-3,6,11H,4-5,7-8H2,1H3,(H,15,16). The molecule has 1 fully saturated rings. The quantitative estimate of drug-likeness (QED) is 0.927. The van der Waals surface area contributed by atoms with E-state index in [-0.39, 0.29) is 12.0 Å². The molecule has 0 aliphatic carbocycles. The Bertz CT molecular complexity index is 430. The molecule has 2 rings (SSSR count). The molecule has 1 unspecified atom stereocenters. The van der Waals surface area contributed by atoms with E-state index in [4.69, 9.17) is 9.47 Å². The minimum atomic E-state index is -0.0927. The van der Waals surface area contributed by atoms with Gasteiger partial charge >= 0.3 is 0 Å². The zero-order valence-electron chi connectivity index (χ0n) is 10.2. The van der Waals surface area contributed by atoms with Crippen molar-refractivity contribution in [1.82, 2.24) is 5.32 Å². The number of nitrogens with one attached hydrogen (secondary N) is 1. The molecule has 5 heteroatoms. The van der Waals surface area contributed by atoms with Crippen LogP contribution in [0, 0.1) is 6.92 Å². The number of carbonyl (C=O) groups excluding carboxylic acids is 1. The first-order valence-electron chi connectivity index (χ1n) is 5.90. The van der Waals surface area contributed by atoms with Crippen LogP contribution in [0.15, 0.2) is 22.7 Å². The summed E-state index contributed by atoms with van der Waals surface area (Å²) >= 11 is 3.42. The lowest BCUT2D eigenvalue weighted by Gasteiger charge is -2.23. The molecule has 0 aromatic heterocycles. The molecule has 98 valence electrons. The van der Waals surface area contributed by atoms with Gasteiger partial charge in [0.15, 0.2) is 0 Å². The Labute approximate surface area is 115 Å². The number of aryl methyl sites for hydroxylation is 1. The van der Waals surface area contributed by atoms with E-state index in [1.165, 1.54) is 0 Å². The van der Waals surface area contributed by atoms with Gasteiger partial charge in [-0.2, -0.15) is 0 Å². The fraction of sp³-hybridized carbons (Fsp3) is 0.462. The summed E-state index contributed by atoms with van der Waals surface area (Å²) < 4.78 is 11.7. The highest BCUT2D eigenvalue weighted by Gasteiger charge is 2.15. The highest BCUT2D eigenvalue weighted by Crippen LogP contribution is 2.17. The number of benzene rings is 1. The van der Waals surface area contributed by atoms with Crippen molar-refractivity contribution in [2.75, 3.05) is 26.4 Å². The van der Waals surface area contributed by atoms with E-state index in [1.54, 1.807) is 0 Å². The predicted octanol–water partition coefficient (Wildman–Crippen LogP) is 1.90. The molecule has 1 atom stereocenters. The number of carbonyl (C=O) groups is 1. The minimum absolute atomic E-state index is 0.0448. The van der Waals surface area contributed by atoms with Gasteiger partial charge in [-0.25, -0.2) is 0 Å². The van der Waals surface area contributed by atoms with Crippen molar-refractivity contribution >= 4 is 21.8 Å². The van der Waals surface area contributed by atoms with E-state index < -0.39 is 0 Å². The van der Waals surface area contributed by atoms with Crippen molar-refractivity contribution < 1.29 is 14.3 Å². The molecule has 1 amide bonds. The maximum Gasteiger partial charge on any atom is 0.251 e. The summed E-state index contributed by atoms with van der Waals surface area (Å²) in [6, 6.07) is 5.55. The van der Waals surface area contributed by atoms with Gasteiger partial charge < -0.3 is 14.8 Å². The lowest BCUT2D eigenvalue weighted by atomic mass is 10.1. The third-order valence-corrected chi connectivity index (χ3v) is 3.66. The van der Waals surface area contributed by atoms with Crippen LogP contribution in [-0.2, 0) is 9.47 Å². The largest absolute Gasteiger partial charge is 0.376 e. The highest BCUT2D eigenvalue weighted by molar-refractivity contribution is 9.10. The molecule has 1 aliphatic heterocycles. The molecule has 0 bridgehead atoms. The van der Waals surface area contributed by atoms with Crippen molar-refractivity contribution in [3.63, 3.8) is 0 Å². The molecule has 1 N–H and O–H groups in total. The first-order valence-corrected chi connectivity index (χ1v) is 6.70. The van der Waals surface area contributed by atoms with Gasteiger partial charge in [-0.15, -0.1) is 0 Å². The molecule has 1 aliphatic rings. The molecule has 1 saturated heterocycles. The van der Waals surface area contributed by atoms with Crippen LogP contribution in [0.25, 0.3) is 0 Å². The molecule has 0 saturated carbocycles. The molecule has 0 spiro atoms. The van der Waals surface area contributed by atoms with E-state index in [2.05, 4.69) is 21.2 Å². The van der Waals surface area contributed by atoms with Crippen LogP contribution in [0.3, 0.4) is 0 Å². The minimum Gasteiger partial charge on any atom is -0.376 e. The first kappa shape index (κ1) is 13.5. The molecule has 1 aromatic carbocycles. The van der Waals surface area contributed by atoms with Gasteiger partial charge in [-0.1, -0.05) is 22.0 Å². The van der Waals surface area contributed by atoms with Crippen LogP contribution < -0.4 is 5.32 Å². The maximum absolute atomic E-state index is 11.9. The zero-order chi connectivity index (χ0) is 13.0. The summed E-state index contributed by atoms with van der Waals surface area (Å²) in [5.41, 5.74) is 1.75. The van der Waals surface area contributed by atoms with E-state index in [9.17, 15) is 4.79 Å². The predicted molar refractivity (Wildman–Crippen MR) is 71.8 cm³/mol. The van der Waals surface area contributed by atoms with Gasteiger partial charge in [0, 0.05) is 16.6 Å². The number of rotatable bonds is 3. The first-order chi connectivity index (χ1) is 8.66. The van der Waals surface area contributed by atoms with Crippen LogP contribution in [0.5, 0.6) is 0 Å². The lowest BCUT2D eigenvalue weighted by Crippen LogP contribution is -2.39. The number of amides is 1. The zero-order valence-corrected chi connectivity index (χ0v) is 11.8. The molecular formula is C13H16BrNO3. The highest BCUT2D eigenvalue weighted by atomic mass is 79.9. The fourth-order valence-corrected chi connectivity index (χ4v) is 2.08. The van der Waals surface area contributed by atoms with Gasteiger partial charge in [0.2, 0.25) is 0 Å². The molecule has 1 heterocycles. The van der Waals surface area contributed by atoms with Gasteiger partial charge in [0.25, 0.3) is 5.91 Å². The third kappa shape index (κ3) is 3.54. The van der Waals surface area contributed by atoms with Crippen molar-refractivity contribution in [3.8, 4) is 0 Å². The topological polar surface area (TPSA) is 47.6 Å². The molecule has 0 radical (unpaired) electrons. The van der Waals surface area contributed by atoms with Crippen LogP contribution in [0.2, 0.25) is 0 Å². The summed E-state index contributed by atoms with van der Waals surface area (Å²) in [5.74, 6) is -0.0927. The molecule has 18 heavy (non-hydrogen) atoms. The van der Waals surface area contributed by atoms with Crippen LogP contribution in [0.4, 0.5) is 0 Å². The normalized spacial score (nSPS) is 19.6. The van der Waals surface area contributed by atoms with Gasteiger partial charge in [0.05, 0.1) is 25.9 Å². The molecular weight excluding hydrogens is 298 g/mol. The Balaban J connectivity index is 1.88. The van der Waals surface area contributed by atoms with Gasteiger partial charge in [-0.3, -0.25) is 4.79 Å². The Hall–Kier alpha value is -0.910. The summed E-state index contributed by atoms with van der Waals surface area (Å²) in [5, 5.41) is 2.85. The summed E-state index contributed by atoms with van der Waals surface area (Å²) in [7, 11) is 0. The Kier molecular flexibility index (Phi) is 4.74. The Morgan fingerprint density at radius 2 is 2.33 bits per heavy atom. The van der Waals surface area contributed by atoms with Crippen LogP contribution in [0.1, 0.15) is 15.9 Å². The maximum atomic E-state index is 11.9. The number of hydrogen-bond donors (Lipinski definition) is 1. The Morgan fingerprint density at radius 1 is 1.50 bits per heavy atom. The van der Waals surface area contributed by atoms with Crippen molar-refractivity contribution in [3.05, 3.63) is 33.8 Å². The second kappa shape index (κ2) is 6.31. The fourth-order valence-electron chi connectivity index (χ4n) is 1.70. The molecule has 1 aromatic rings. The summed E-state index contributed by atoms with van der Waals surface area (Å²) in [6.07, 6.45) is -0.0448. The monoisotopic (exact) mass is 313 g/mol. The second-order valence-electron chi connectivity index (χ2n) is 4.24. The number of ether oxygens (including phenoxy) is 2. The number of hydrogen-bond acceptors (Lipinski definition) is 3. The van der Waals surface area contributed by atoms with Crippen molar-refractivity contribution in [2.24, 2.45) is 0 Å². The van der Waals surface area contributed by atoms with Crippen LogP contribution >= 0.6 is 15.9 Å². The smallest absolute Gasteiger partial charge is 0.251 e. The SMILES string of the molecule is Cc1ccc(C(=O)NCC2COCCO2)cc1Br. The molecule has 4 nitrogen and oxygen atoms in total. The third-order valence-electron chi connectivity index (χ3n) is 2.81. The van der Waals surface area contributed by atoms with Crippen LogP contribution in [-0.4, -0.2) is 38.4 Å².